The van der Waals surface area contributed by atoms with Gasteiger partial charge in [0.2, 0.25) is 5.91 Å². The zero-order valence-electron chi connectivity index (χ0n) is 15.1. The quantitative estimate of drug-likeness (QED) is 0.638. The van der Waals surface area contributed by atoms with Gasteiger partial charge in [0, 0.05) is 25.8 Å². The van der Waals surface area contributed by atoms with Crippen molar-refractivity contribution in [2.45, 2.75) is 13.1 Å². The van der Waals surface area contributed by atoms with Gasteiger partial charge in [-0.05, 0) is 31.8 Å². The van der Waals surface area contributed by atoms with E-state index in [2.05, 4.69) is 5.10 Å². The van der Waals surface area contributed by atoms with E-state index in [0.29, 0.717) is 18.7 Å². The average Bonchev–Trinajstić information content (AvgIpc) is 2.95. The number of hydrogen-bond acceptors (Lipinski definition) is 4. The first-order chi connectivity index (χ1) is 12.5. The molecule has 0 atom stereocenters. The van der Waals surface area contributed by atoms with Gasteiger partial charge in [-0.1, -0.05) is 36.4 Å². The molecule has 136 valence electrons. The fraction of sp³-hybridized carbons (Fsp3) is 0.316. The minimum absolute atomic E-state index is 0.0687. The second kappa shape index (κ2) is 7.97. The highest BCUT2D eigenvalue weighted by molar-refractivity contribution is 5.76. The predicted molar refractivity (Wildman–Crippen MR) is 99.9 cm³/mol. The monoisotopic (exact) mass is 353 g/mol. The Hall–Kier alpha value is -2.93. The normalized spacial score (nSPS) is 11.2. The van der Waals surface area contributed by atoms with E-state index in [4.69, 9.17) is 0 Å². The van der Waals surface area contributed by atoms with E-state index < -0.39 is 0 Å². The van der Waals surface area contributed by atoms with Crippen LogP contribution in [0, 0.1) is 0 Å². The molecule has 0 saturated heterocycles. The van der Waals surface area contributed by atoms with Crippen molar-refractivity contribution in [3.05, 3.63) is 70.8 Å². The van der Waals surface area contributed by atoms with Crippen molar-refractivity contribution in [1.29, 1.82) is 0 Å². The van der Waals surface area contributed by atoms with Crippen LogP contribution in [0.15, 0.2) is 59.5 Å². The molecule has 0 N–H and O–H groups in total. The Balaban J connectivity index is 1.79. The first-order valence-corrected chi connectivity index (χ1v) is 8.55. The lowest BCUT2D eigenvalue weighted by atomic mass is 10.2. The number of pyridine rings is 1. The van der Waals surface area contributed by atoms with Crippen LogP contribution < -0.4 is 5.69 Å². The lowest BCUT2D eigenvalue weighted by Crippen LogP contribution is -2.39. The Morgan fingerprint density at radius 3 is 2.46 bits per heavy atom. The summed E-state index contributed by atoms with van der Waals surface area (Å²) in [6.45, 7) is 1.78. The molecular formula is C19H23N5O2. The summed E-state index contributed by atoms with van der Waals surface area (Å²) < 4.78 is 2.67. The number of aromatic nitrogens is 3. The summed E-state index contributed by atoms with van der Waals surface area (Å²) in [6, 6.07) is 15.2. The Kier molecular flexibility index (Phi) is 5.48. The molecule has 0 aliphatic heterocycles. The number of rotatable bonds is 7. The maximum absolute atomic E-state index is 12.9. The van der Waals surface area contributed by atoms with Gasteiger partial charge in [0.25, 0.3) is 0 Å². The molecule has 0 fully saturated rings. The predicted octanol–water partition coefficient (Wildman–Crippen LogP) is 1.09. The number of benzene rings is 1. The van der Waals surface area contributed by atoms with E-state index in [0.717, 1.165) is 12.1 Å². The summed E-state index contributed by atoms with van der Waals surface area (Å²) in [5, 5.41) is 4.25. The summed E-state index contributed by atoms with van der Waals surface area (Å²) >= 11 is 0. The summed E-state index contributed by atoms with van der Waals surface area (Å²) in [5.74, 6) is -0.124. The number of carbonyl (C=O) groups is 1. The van der Waals surface area contributed by atoms with Crippen molar-refractivity contribution in [1.82, 2.24) is 24.0 Å². The van der Waals surface area contributed by atoms with Crippen LogP contribution >= 0.6 is 0 Å². The third-order valence-corrected chi connectivity index (χ3v) is 4.16. The van der Waals surface area contributed by atoms with Gasteiger partial charge in [-0.3, -0.25) is 9.20 Å². The fourth-order valence-electron chi connectivity index (χ4n) is 2.72. The standard InChI is InChI=1S/C19H23N5O2/c1-21(2)12-13-22(14-16-8-4-3-5-9-16)18(25)15-24-19(26)23-11-7-6-10-17(23)20-24/h3-11H,12-15H2,1-2H3. The Morgan fingerprint density at radius 2 is 1.77 bits per heavy atom. The lowest BCUT2D eigenvalue weighted by Gasteiger charge is -2.24. The van der Waals surface area contributed by atoms with Gasteiger partial charge < -0.3 is 9.80 Å². The summed E-state index contributed by atoms with van der Waals surface area (Å²) in [6.07, 6.45) is 1.65. The van der Waals surface area contributed by atoms with E-state index in [-0.39, 0.29) is 18.1 Å². The van der Waals surface area contributed by atoms with Gasteiger partial charge in [-0.25, -0.2) is 9.48 Å². The van der Waals surface area contributed by atoms with E-state index in [9.17, 15) is 9.59 Å². The Bertz CT molecular complexity index is 930. The molecule has 0 saturated carbocycles. The van der Waals surface area contributed by atoms with Gasteiger partial charge in [-0.2, -0.15) is 0 Å². The molecule has 3 aromatic rings. The highest BCUT2D eigenvalue weighted by Crippen LogP contribution is 2.06. The third-order valence-electron chi connectivity index (χ3n) is 4.16. The minimum Gasteiger partial charge on any atom is -0.335 e. The Labute approximate surface area is 152 Å². The zero-order valence-corrected chi connectivity index (χ0v) is 15.1. The molecule has 0 radical (unpaired) electrons. The van der Waals surface area contributed by atoms with Crippen LogP contribution in [0.3, 0.4) is 0 Å². The number of amides is 1. The summed E-state index contributed by atoms with van der Waals surface area (Å²) in [5.41, 5.74) is 1.29. The first kappa shape index (κ1) is 17.9. The second-order valence-corrected chi connectivity index (χ2v) is 6.47. The zero-order chi connectivity index (χ0) is 18.5. The number of likely N-dealkylation sites (N-methyl/N-ethyl adjacent to an activating group) is 1. The smallest absolute Gasteiger partial charge is 0.335 e. The van der Waals surface area contributed by atoms with E-state index in [1.54, 1.807) is 23.2 Å². The van der Waals surface area contributed by atoms with Crippen molar-refractivity contribution in [2.75, 3.05) is 27.2 Å². The molecule has 0 unspecified atom stereocenters. The Morgan fingerprint density at radius 1 is 1.04 bits per heavy atom. The van der Waals surface area contributed by atoms with Crippen LogP contribution in [-0.4, -0.2) is 57.1 Å². The van der Waals surface area contributed by atoms with Crippen molar-refractivity contribution in [3.8, 4) is 0 Å². The van der Waals surface area contributed by atoms with Crippen LogP contribution in [0.1, 0.15) is 5.56 Å². The van der Waals surface area contributed by atoms with Gasteiger partial charge in [0.05, 0.1) is 0 Å². The second-order valence-electron chi connectivity index (χ2n) is 6.47. The molecule has 0 aliphatic rings. The van der Waals surface area contributed by atoms with E-state index in [1.807, 2.05) is 55.4 Å². The molecular weight excluding hydrogens is 330 g/mol. The topological polar surface area (TPSA) is 62.9 Å². The van der Waals surface area contributed by atoms with Gasteiger partial charge >= 0.3 is 5.69 Å². The molecule has 7 heteroatoms. The van der Waals surface area contributed by atoms with Crippen LogP contribution in [0.25, 0.3) is 5.65 Å². The summed E-state index contributed by atoms with van der Waals surface area (Å²) in [4.78, 5) is 29.1. The van der Waals surface area contributed by atoms with Crippen molar-refractivity contribution < 1.29 is 4.79 Å². The molecule has 1 aromatic carbocycles. The molecule has 0 aliphatic carbocycles. The highest BCUT2D eigenvalue weighted by atomic mass is 16.2. The van der Waals surface area contributed by atoms with Crippen LogP contribution in [-0.2, 0) is 17.9 Å². The number of carbonyl (C=O) groups excluding carboxylic acids is 1. The third kappa shape index (κ3) is 4.18. The first-order valence-electron chi connectivity index (χ1n) is 8.55. The van der Waals surface area contributed by atoms with E-state index >= 15 is 0 Å². The van der Waals surface area contributed by atoms with Gasteiger partial charge in [0.15, 0.2) is 5.65 Å². The molecule has 0 spiro atoms. The molecule has 2 heterocycles. The largest absolute Gasteiger partial charge is 0.350 e. The molecule has 7 nitrogen and oxygen atoms in total. The molecule has 2 aromatic heterocycles. The lowest BCUT2D eigenvalue weighted by molar-refractivity contribution is -0.132. The molecule has 1 amide bonds. The minimum atomic E-state index is -0.304. The molecule has 0 bridgehead atoms. The SMILES string of the molecule is CN(C)CCN(Cc1ccccc1)C(=O)Cn1nc2ccccn2c1=O. The van der Waals surface area contributed by atoms with Crippen molar-refractivity contribution >= 4 is 11.6 Å². The van der Waals surface area contributed by atoms with Crippen LogP contribution in [0.2, 0.25) is 0 Å². The molecule has 26 heavy (non-hydrogen) atoms. The highest BCUT2D eigenvalue weighted by Gasteiger charge is 2.17. The average molecular weight is 353 g/mol. The number of nitrogens with zero attached hydrogens (tertiary/aromatic N) is 5. The van der Waals surface area contributed by atoms with Crippen molar-refractivity contribution in [2.24, 2.45) is 0 Å². The maximum Gasteiger partial charge on any atom is 0.350 e. The van der Waals surface area contributed by atoms with Crippen LogP contribution in [0.5, 0.6) is 0 Å². The van der Waals surface area contributed by atoms with Crippen molar-refractivity contribution in [3.63, 3.8) is 0 Å². The molecule has 3 rings (SSSR count). The summed E-state index contributed by atoms with van der Waals surface area (Å²) in [7, 11) is 3.94. The van der Waals surface area contributed by atoms with Crippen LogP contribution in [0.4, 0.5) is 0 Å². The van der Waals surface area contributed by atoms with Gasteiger partial charge in [0.1, 0.15) is 6.54 Å². The fourth-order valence-corrected chi connectivity index (χ4v) is 2.72. The maximum atomic E-state index is 12.9. The van der Waals surface area contributed by atoms with Gasteiger partial charge in [-0.15, -0.1) is 5.10 Å². The number of fused-ring (bicyclic) bond motifs is 1. The number of hydrogen-bond donors (Lipinski definition) is 0. The van der Waals surface area contributed by atoms with E-state index in [1.165, 1.54) is 9.08 Å².